The van der Waals surface area contributed by atoms with Crippen molar-refractivity contribution in [1.82, 2.24) is 0 Å². The number of carbonyl (C=O) groups is 2. The Bertz CT molecular complexity index is 1030. The summed E-state index contributed by atoms with van der Waals surface area (Å²) < 4.78 is 0. The molecule has 1 fully saturated rings. The third-order valence-electron chi connectivity index (χ3n) is 6.14. The van der Waals surface area contributed by atoms with E-state index in [4.69, 9.17) is 4.99 Å². The van der Waals surface area contributed by atoms with Gasteiger partial charge in [0.2, 0.25) is 0 Å². The summed E-state index contributed by atoms with van der Waals surface area (Å²) in [4.78, 5) is 31.0. The number of Topliss-reactive ketones (excluding diaryl/α,β-unsaturated/α-hetero) is 2. The van der Waals surface area contributed by atoms with Crippen LogP contribution < -0.4 is 0 Å². The molecule has 0 bridgehead atoms. The maximum atomic E-state index is 13.3. The Morgan fingerprint density at radius 2 is 1.67 bits per heavy atom. The van der Waals surface area contributed by atoms with Crippen LogP contribution >= 0.6 is 0 Å². The Kier molecular flexibility index (Phi) is 3.71. The highest BCUT2D eigenvalue weighted by molar-refractivity contribution is 6.25. The number of aryl methyl sites for hydroxylation is 1. The Balaban J connectivity index is 1.72. The van der Waals surface area contributed by atoms with Crippen LogP contribution in [0, 0.1) is 5.92 Å². The average Bonchev–Trinajstić information content (AvgIpc) is 2.99. The van der Waals surface area contributed by atoms with E-state index in [9.17, 15) is 9.59 Å². The van der Waals surface area contributed by atoms with Gasteiger partial charge in [0.25, 0.3) is 0 Å². The van der Waals surface area contributed by atoms with E-state index >= 15 is 0 Å². The van der Waals surface area contributed by atoms with Gasteiger partial charge in [0.05, 0.1) is 11.6 Å². The van der Waals surface area contributed by atoms with Crippen LogP contribution in [-0.4, -0.2) is 17.3 Å². The zero-order valence-electron chi connectivity index (χ0n) is 15.4. The van der Waals surface area contributed by atoms with Crippen molar-refractivity contribution in [2.24, 2.45) is 10.9 Å². The van der Waals surface area contributed by atoms with Gasteiger partial charge in [-0.1, -0.05) is 55.5 Å². The van der Waals surface area contributed by atoms with Gasteiger partial charge in [0.1, 0.15) is 5.78 Å². The second-order valence-corrected chi connectivity index (χ2v) is 7.61. The molecule has 0 aromatic heterocycles. The maximum absolute atomic E-state index is 13.3. The quantitative estimate of drug-likeness (QED) is 0.779. The van der Waals surface area contributed by atoms with E-state index in [1.807, 2.05) is 24.3 Å². The second-order valence-electron chi connectivity index (χ2n) is 7.61. The highest BCUT2D eigenvalue weighted by Gasteiger charge is 2.46. The molecule has 0 N–H and O–H groups in total. The molecule has 1 heterocycles. The number of rotatable bonds is 2. The number of allylic oxidation sites excluding steroid dienone is 1. The normalized spacial score (nSPS) is 23.7. The summed E-state index contributed by atoms with van der Waals surface area (Å²) >= 11 is 0. The summed E-state index contributed by atoms with van der Waals surface area (Å²) in [5.74, 6) is -0.249. The molecule has 0 saturated heterocycles. The number of carbonyl (C=O) groups excluding carboxylic acids is 2. The van der Waals surface area contributed by atoms with E-state index < -0.39 is 0 Å². The molecule has 2 atom stereocenters. The fourth-order valence-electron chi connectivity index (χ4n) is 4.77. The van der Waals surface area contributed by atoms with Gasteiger partial charge < -0.3 is 0 Å². The molecule has 1 unspecified atom stereocenters. The molecule has 2 aromatic carbocycles. The molecule has 3 aliphatic rings. The summed E-state index contributed by atoms with van der Waals surface area (Å²) in [5, 5.41) is 0. The fraction of sp³-hybridized carbons (Fsp3) is 0.292. The van der Waals surface area contributed by atoms with Gasteiger partial charge in [-0.05, 0) is 30.4 Å². The van der Waals surface area contributed by atoms with Crippen LogP contribution in [0.2, 0.25) is 0 Å². The summed E-state index contributed by atoms with van der Waals surface area (Å²) in [5.41, 5.74) is 6.40. The zero-order valence-corrected chi connectivity index (χ0v) is 15.4. The first-order chi connectivity index (χ1) is 13.2. The average molecular weight is 355 g/mol. The highest BCUT2D eigenvalue weighted by Crippen LogP contribution is 2.49. The van der Waals surface area contributed by atoms with Crippen molar-refractivity contribution in [1.29, 1.82) is 0 Å². The van der Waals surface area contributed by atoms with Crippen molar-refractivity contribution >= 4 is 23.0 Å². The van der Waals surface area contributed by atoms with Crippen molar-refractivity contribution in [3.05, 3.63) is 76.4 Å². The third kappa shape index (κ3) is 2.38. The van der Waals surface area contributed by atoms with Crippen molar-refractivity contribution in [3.63, 3.8) is 0 Å². The zero-order chi connectivity index (χ0) is 18.5. The van der Waals surface area contributed by atoms with Crippen LogP contribution in [0.1, 0.15) is 59.2 Å². The molecule has 5 rings (SSSR count). The van der Waals surface area contributed by atoms with Crippen molar-refractivity contribution in [2.75, 3.05) is 0 Å². The number of hydrogen-bond acceptors (Lipinski definition) is 3. The van der Waals surface area contributed by atoms with Gasteiger partial charge >= 0.3 is 0 Å². The Morgan fingerprint density at radius 3 is 2.41 bits per heavy atom. The fourth-order valence-corrected chi connectivity index (χ4v) is 4.77. The van der Waals surface area contributed by atoms with Crippen LogP contribution in [0.3, 0.4) is 0 Å². The van der Waals surface area contributed by atoms with E-state index in [-0.39, 0.29) is 23.4 Å². The topological polar surface area (TPSA) is 46.5 Å². The van der Waals surface area contributed by atoms with Crippen molar-refractivity contribution in [3.8, 4) is 0 Å². The first-order valence-electron chi connectivity index (χ1n) is 9.76. The SMILES string of the molecule is CCc1ccc([C@H]2C3=C(N=C4CCCC(=O)C42)c2ccccc2C3=O)cc1. The molecule has 1 saturated carbocycles. The Labute approximate surface area is 158 Å². The van der Waals surface area contributed by atoms with Crippen LogP contribution in [0.5, 0.6) is 0 Å². The number of hydrogen-bond donors (Lipinski definition) is 0. The van der Waals surface area contributed by atoms with Crippen molar-refractivity contribution in [2.45, 2.75) is 38.5 Å². The number of benzene rings is 2. The number of aliphatic imine (C=N–C) groups is 1. The smallest absolute Gasteiger partial charge is 0.192 e. The molecular weight excluding hydrogens is 334 g/mol. The van der Waals surface area contributed by atoms with Crippen molar-refractivity contribution < 1.29 is 9.59 Å². The maximum Gasteiger partial charge on any atom is 0.192 e. The van der Waals surface area contributed by atoms with Gasteiger partial charge in [-0.25, -0.2) is 0 Å². The van der Waals surface area contributed by atoms with Gasteiger partial charge in [-0.2, -0.15) is 0 Å². The largest absolute Gasteiger partial charge is 0.299 e. The van der Waals surface area contributed by atoms with Gasteiger partial charge in [-0.3, -0.25) is 14.6 Å². The van der Waals surface area contributed by atoms with E-state index in [0.717, 1.165) is 41.8 Å². The van der Waals surface area contributed by atoms with Gasteiger partial charge in [0, 0.05) is 34.8 Å². The Hall–Kier alpha value is -2.81. The minimum absolute atomic E-state index is 0.0336. The monoisotopic (exact) mass is 355 g/mol. The predicted molar refractivity (Wildman–Crippen MR) is 106 cm³/mol. The lowest BCUT2D eigenvalue weighted by Gasteiger charge is -2.34. The van der Waals surface area contributed by atoms with E-state index in [2.05, 4.69) is 31.2 Å². The first kappa shape index (κ1) is 16.4. The first-order valence-corrected chi connectivity index (χ1v) is 9.76. The third-order valence-corrected chi connectivity index (χ3v) is 6.14. The standard InChI is InChI=1S/C24H21NO2/c1-2-14-10-12-15(13-11-14)20-21-18(8-5-9-19(21)26)25-23-16-6-3-4-7-17(16)24(27)22(20)23/h3-4,6-7,10-13,20-21H,2,5,8-9H2,1H3/t20-,21?/m1/s1. The number of nitrogens with zero attached hydrogens (tertiary/aromatic N) is 1. The van der Waals surface area contributed by atoms with Crippen LogP contribution in [0.25, 0.3) is 5.70 Å². The summed E-state index contributed by atoms with van der Waals surface area (Å²) in [6.45, 7) is 2.13. The summed E-state index contributed by atoms with van der Waals surface area (Å²) in [6, 6.07) is 16.1. The summed E-state index contributed by atoms with van der Waals surface area (Å²) in [6.07, 6.45) is 3.25. The van der Waals surface area contributed by atoms with Crippen LogP contribution in [0.15, 0.2) is 59.1 Å². The lowest BCUT2D eigenvalue weighted by Crippen LogP contribution is -2.37. The molecule has 1 aliphatic heterocycles. The molecule has 134 valence electrons. The second kappa shape index (κ2) is 6.12. The number of fused-ring (bicyclic) bond motifs is 3. The van der Waals surface area contributed by atoms with Gasteiger partial charge in [-0.15, -0.1) is 0 Å². The van der Waals surface area contributed by atoms with Crippen LogP contribution in [0.4, 0.5) is 0 Å². The molecule has 2 aliphatic carbocycles. The molecular formula is C24H21NO2. The molecule has 3 nitrogen and oxygen atoms in total. The lowest BCUT2D eigenvalue weighted by molar-refractivity contribution is -0.121. The molecule has 0 radical (unpaired) electrons. The molecule has 0 spiro atoms. The minimum Gasteiger partial charge on any atom is -0.299 e. The molecule has 3 heteroatoms. The van der Waals surface area contributed by atoms with Gasteiger partial charge in [0.15, 0.2) is 5.78 Å². The molecule has 0 amide bonds. The van der Waals surface area contributed by atoms with E-state index in [1.165, 1.54) is 5.56 Å². The van der Waals surface area contributed by atoms with Crippen LogP contribution in [-0.2, 0) is 11.2 Å². The number of ketones is 2. The summed E-state index contributed by atoms with van der Waals surface area (Å²) in [7, 11) is 0. The molecule has 27 heavy (non-hydrogen) atoms. The van der Waals surface area contributed by atoms with E-state index in [1.54, 1.807) is 0 Å². The Morgan fingerprint density at radius 1 is 0.926 bits per heavy atom. The van der Waals surface area contributed by atoms with E-state index in [0.29, 0.717) is 17.6 Å². The lowest BCUT2D eigenvalue weighted by atomic mass is 9.69. The predicted octanol–water partition coefficient (Wildman–Crippen LogP) is 4.76. The molecule has 2 aromatic rings. The highest BCUT2D eigenvalue weighted by atomic mass is 16.1. The minimum atomic E-state index is -0.289.